The van der Waals surface area contributed by atoms with Crippen LogP contribution in [0.3, 0.4) is 0 Å². The molecule has 2 heterocycles. The summed E-state index contributed by atoms with van der Waals surface area (Å²) < 4.78 is 6.91. The predicted octanol–water partition coefficient (Wildman–Crippen LogP) is 4.84. The number of piperazine rings is 1. The van der Waals surface area contributed by atoms with Crippen LogP contribution in [0.1, 0.15) is 28.4 Å². The molecule has 6 nitrogen and oxygen atoms in total. The van der Waals surface area contributed by atoms with Crippen molar-refractivity contribution in [2.45, 2.75) is 13.3 Å². The maximum absolute atomic E-state index is 12.6. The minimum absolute atomic E-state index is 0.0144. The first kappa shape index (κ1) is 24.3. The molecule has 5 rings (SSSR count). The number of nitrogens with zero attached hydrogens (tertiary/aromatic N) is 3. The predicted molar refractivity (Wildman–Crippen MR) is 147 cm³/mol. The van der Waals surface area contributed by atoms with Gasteiger partial charge in [0, 0.05) is 44.8 Å². The Kier molecular flexibility index (Phi) is 7.79. The lowest BCUT2D eigenvalue weighted by Crippen LogP contribution is -2.48. The second-order valence-electron chi connectivity index (χ2n) is 8.98. The van der Waals surface area contributed by atoms with Gasteiger partial charge in [0.05, 0.1) is 11.3 Å². The summed E-state index contributed by atoms with van der Waals surface area (Å²) >= 11 is 1.72. The average Bonchev–Trinajstić information content (AvgIpc) is 3.36. The van der Waals surface area contributed by atoms with Crippen LogP contribution in [0.15, 0.2) is 72.8 Å². The van der Waals surface area contributed by atoms with Crippen molar-refractivity contribution < 1.29 is 9.53 Å². The Morgan fingerprint density at radius 1 is 0.944 bits per heavy atom. The standard InChI is InChI=1S/C29H32N4O2S/c1-2-35-25-9-6-10-26-27(25)31-29(36-26)33-19-17-32(18-20-33)16-15-30-28(34)24-13-11-23(12-14-24)21-22-7-4-3-5-8-22/h3-14H,2,15-21H2,1H3,(H,30,34). The number of nitrogens with one attached hydrogen (secondary N) is 1. The highest BCUT2D eigenvalue weighted by Crippen LogP contribution is 2.34. The molecule has 0 saturated carbocycles. The van der Waals surface area contributed by atoms with Crippen LogP contribution in [-0.4, -0.2) is 61.7 Å². The molecule has 0 radical (unpaired) electrons. The Balaban J connectivity index is 1.07. The van der Waals surface area contributed by atoms with Gasteiger partial charge in [0.15, 0.2) is 5.13 Å². The molecule has 3 aromatic carbocycles. The second-order valence-corrected chi connectivity index (χ2v) is 9.99. The molecule has 1 fully saturated rings. The van der Waals surface area contributed by atoms with E-state index in [4.69, 9.17) is 9.72 Å². The Bertz CT molecular complexity index is 1280. The SMILES string of the molecule is CCOc1cccc2sc(N3CCN(CCNC(=O)c4ccc(Cc5ccccc5)cc4)CC3)nc12. The normalized spacial score (nSPS) is 14.2. The number of carbonyl (C=O) groups is 1. The van der Waals surface area contributed by atoms with Crippen LogP contribution < -0.4 is 15.0 Å². The molecule has 0 unspecified atom stereocenters. The van der Waals surface area contributed by atoms with E-state index in [9.17, 15) is 4.79 Å². The van der Waals surface area contributed by atoms with E-state index in [1.807, 2.05) is 49.4 Å². The number of anilines is 1. The molecule has 1 N–H and O–H groups in total. The zero-order valence-electron chi connectivity index (χ0n) is 20.7. The lowest BCUT2D eigenvalue weighted by molar-refractivity contribution is 0.0948. The monoisotopic (exact) mass is 500 g/mol. The molecule has 0 bridgehead atoms. The van der Waals surface area contributed by atoms with Gasteiger partial charge in [-0.3, -0.25) is 9.69 Å². The van der Waals surface area contributed by atoms with E-state index in [0.29, 0.717) is 18.7 Å². The average molecular weight is 501 g/mol. The molecule has 0 spiro atoms. The molecular formula is C29H32N4O2S. The number of benzene rings is 3. The number of hydrogen-bond acceptors (Lipinski definition) is 6. The van der Waals surface area contributed by atoms with E-state index >= 15 is 0 Å². The van der Waals surface area contributed by atoms with E-state index in [-0.39, 0.29) is 5.91 Å². The number of rotatable bonds is 9. The summed E-state index contributed by atoms with van der Waals surface area (Å²) in [5.41, 5.74) is 4.14. The minimum atomic E-state index is -0.0144. The lowest BCUT2D eigenvalue weighted by atomic mass is 10.0. The fourth-order valence-electron chi connectivity index (χ4n) is 4.52. The van der Waals surface area contributed by atoms with E-state index < -0.39 is 0 Å². The molecule has 0 atom stereocenters. The molecule has 1 aromatic heterocycles. The van der Waals surface area contributed by atoms with Crippen LogP contribution in [0, 0.1) is 0 Å². The maximum atomic E-state index is 12.6. The van der Waals surface area contributed by atoms with Crippen molar-refractivity contribution in [2.24, 2.45) is 0 Å². The first-order valence-electron chi connectivity index (χ1n) is 12.6. The summed E-state index contributed by atoms with van der Waals surface area (Å²) in [4.78, 5) is 22.2. The molecule has 1 amide bonds. The highest BCUT2D eigenvalue weighted by atomic mass is 32.1. The van der Waals surface area contributed by atoms with Gasteiger partial charge in [0.1, 0.15) is 11.3 Å². The van der Waals surface area contributed by atoms with Gasteiger partial charge >= 0.3 is 0 Å². The molecule has 36 heavy (non-hydrogen) atoms. The summed E-state index contributed by atoms with van der Waals surface area (Å²) in [7, 11) is 0. The summed E-state index contributed by atoms with van der Waals surface area (Å²) in [6, 6.07) is 24.4. The van der Waals surface area contributed by atoms with Crippen LogP contribution in [0.4, 0.5) is 5.13 Å². The minimum Gasteiger partial charge on any atom is -0.492 e. The van der Waals surface area contributed by atoms with Gasteiger partial charge in [-0.05, 0) is 48.7 Å². The van der Waals surface area contributed by atoms with E-state index in [2.05, 4.69) is 45.4 Å². The van der Waals surface area contributed by atoms with Crippen molar-refractivity contribution in [1.82, 2.24) is 15.2 Å². The van der Waals surface area contributed by atoms with Gasteiger partial charge < -0.3 is 15.0 Å². The Hall–Kier alpha value is -3.42. The van der Waals surface area contributed by atoms with Crippen molar-refractivity contribution in [3.8, 4) is 5.75 Å². The van der Waals surface area contributed by atoms with Crippen LogP contribution in [-0.2, 0) is 6.42 Å². The van der Waals surface area contributed by atoms with Crippen molar-refractivity contribution in [3.63, 3.8) is 0 Å². The summed E-state index contributed by atoms with van der Waals surface area (Å²) in [6.45, 7) is 7.90. The largest absolute Gasteiger partial charge is 0.492 e. The van der Waals surface area contributed by atoms with Crippen LogP contribution in [0.2, 0.25) is 0 Å². The van der Waals surface area contributed by atoms with Crippen LogP contribution in [0.5, 0.6) is 5.75 Å². The van der Waals surface area contributed by atoms with Crippen molar-refractivity contribution in [1.29, 1.82) is 0 Å². The van der Waals surface area contributed by atoms with E-state index in [1.165, 1.54) is 11.1 Å². The number of hydrogen-bond donors (Lipinski definition) is 1. The maximum Gasteiger partial charge on any atom is 0.251 e. The van der Waals surface area contributed by atoms with E-state index in [0.717, 1.165) is 60.2 Å². The van der Waals surface area contributed by atoms with Crippen LogP contribution >= 0.6 is 11.3 Å². The van der Waals surface area contributed by atoms with Gasteiger partial charge in [-0.2, -0.15) is 0 Å². The molecule has 1 aliphatic heterocycles. The number of fused-ring (bicyclic) bond motifs is 1. The van der Waals surface area contributed by atoms with Crippen molar-refractivity contribution >= 4 is 32.6 Å². The molecule has 186 valence electrons. The Labute approximate surface area is 216 Å². The molecular weight excluding hydrogens is 468 g/mol. The molecule has 4 aromatic rings. The van der Waals surface area contributed by atoms with Gasteiger partial charge in [-0.15, -0.1) is 0 Å². The lowest BCUT2D eigenvalue weighted by Gasteiger charge is -2.34. The number of carbonyl (C=O) groups excluding carboxylic acids is 1. The van der Waals surface area contributed by atoms with Crippen molar-refractivity contribution in [3.05, 3.63) is 89.5 Å². The second kappa shape index (κ2) is 11.5. The Morgan fingerprint density at radius 2 is 1.69 bits per heavy atom. The first-order chi connectivity index (χ1) is 17.7. The highest BCUT2D eigenvalue weighted by Gasteiger charge is 2.20. The quantitative estimate of drug-likeness (QED) is 0.357. The smallest absolute Gasteiger partial charge is 0.251 e. The molecule has 0 aliphatic carbocycles. The number of thiazole rings is 1. The summed E-state index contributed by atoms with van der Waals surface area (Å²) in [6.07, 6.45) is 0.874. The molecule has 1 saturated heterocycles. The number of ether oxygens (including phenoxy) is 1. The van der Waals surface area contributed by atoms with Crippen LogP contribution in [0.25, 0.3) is 10.2 Å². The Morgan fingerprint density at radius 3 is 2.44 bits per heavy atom. The third-order valence-corrected chi connectivity index (χ3v) is 7.58. The molecule has 7 heteroatoms. The summed E-state index contributed by atoms with van der Waals surface area (Å²) in [5, 5.41) is 4.13. The first-order valence-corrected chi connectivity index (χ1v) is 13.4. The number of aromatic nitrogens is 1. The molecule has 1 aliphatic rings. The highest BCUT2D eigenvalue weighted by molar-refractivity contribution is 7.22. The number of para-hydroxylation sites is 1. The van der Waals surface area contributed by atoms with Gasteiger partial charge in [0.2, 0.25) is 0 Å². The zero-order valence-corrected chi connectivity index (χ0v) is 21.5. The van der Waals surface area contributed by atoms with E-state index in [1.54, 1.807) is 11.3 Å². The fourth-order valence-corrected chi connectivity index (χ4v) is 5.55. The summed E-state index contributed by atoms with van der Waals surface area (Å²) in [5.74, 6) is 0.845. The number of amides is 1. The van der Waals surface area contributed by atoms with Crippen molar-refractivity contribution in [2.75, 3.05) is 50.8 Å². The topological polar surface area (TPSA) is 57.7 Å². The van der Waals surface area contributed by atoms with Gasteiger partial charge in [0.25, 0.3) is 5.91 Å². The van der Waals surface area contributed by atoms with Gasteiger partial charge in [-0.25, -0.2) is 4.98 Å². The fraction of sp³-hybridized carbons (Fsp3) is 0.310. The third kappa shape index (κ3) is 5.86. The van der Waals surface area contributed by atoms with Gasteiger partial charge in [-0.1, -0.05) is 59.9 Å². The third-order valence-electron chi connectivity index (χ3n) is 6.49. The zero-order chi connectivity index (χ0) is 24.7.